The lowest BCUT2D eigenvalue weighted by molar-refractivity contribution is -0.116. The molecule has 21 heavy (non-hydrogen) atoms. The van der Waals surface area contributed by atoms with E-state index in [-0.39, 0.29) is 12.0 Å². The van der Waals surface area contributed by atoms with E-state index in [0.29, 0.717) is 12.3 Å². The number of carbonyl (C=O) groups excluding carboxylic acids is 1. The van der Waals surface area contributed by atoms with Gasteiger partial charge in [-0.15, -0.1) is 0 Å². The number of nitrogens with one attached hydrogen (secondary N) is 2. The third-order valence-electron chi connectivity index (χ3n) is 3.47. The van der Waals surface area contributed by atoms with Gasteiger partial charge in [-0.3, -0.25) is 4.79 Å². The fourth-order valence-corrected chi connectivity index (χ4v) is 2.97. The Morgan fingerprint density at radius 1 is 1.48 bits per heavy atom. The van der Waals surface area contributed by atoms with Gasteiger partial charge < -0.3 is 15.4 Å². The highest BCUT2D eigenvalue weighted by Gasteiger charge is 2.16. The normalized spacial score (nSPS) is 18.0. The number of amides is 1. The predicted molar refractivity (Wildman–Crippen MR) is 88.7 cm³/mol. The van der Waals surface area contributed by atoms with Gasteiger partial charge in [-0.2, -0.15) is 0 Å². The summed E-state index contributed by atoms with van der Waals surface area (Å²) in [5.74, 6) is 1.46. The molecule has 1 aromatic carbocycles. The molecule has 1 heterocycles. The van der Waals surface area contributed by atoms with Gasteiger partial charge in [0.25, 0.3) is 0 Å². The van der Waals surface area contributed by atoms with Crippen molar-refractivity contribution in [3.8, 4) is 5.75 Å². The molecule has 116 valence electrons. The van der Waals surface area contributed by atoms with E-state index in [9.17, 15) is 4.79 Å². The molecule has 0 aromatic heterocycles. The van der Waals surface area contributed by atoms with Crippen molar-refractivity contribution in [3.05, 3.63) is 22.7 Å². The van der Waals surface area contributed by atoms with Crippen LogP contribution in [0, 0.1) is 5.92 Å². The quantitative estimate of drug-likeness (QED) is 0.820. The van der Waals surface area contributed by atoms with Crippen LogP contribution in [0.25, 0.3) is 0 Å². The summed E-state index contributed by atoms with van der Waals surface area (Å²) in [5, 5.41) is 6.28. The zero-order chi connectivity index (χ0) is 15.2. The summed E-state index contributed by atoms with van der Waals surface area (Å²) in [5.41, 5.74) is 0.773. The van der Waals surface area contributed by atoms with E-state index in [1.54, 1.807) is 0 Å². The van der Waals surface area contributed by atoms with Crippen LogP contribution in [0.4, 0.5) is 5.69 Å². The molecule has 1 atom stereocenters. The molecule has 1 saturated heterocycles. The van der Waals surface area contributed by atoms with E-state index in [2.05, 4.69) is 26.6 Å². The average molecular weight is 355 g/mol. The van der Waals surface area contributed by atoms with Gasteiger partial charge in [-0.25, -0.2) is 0 Å². The first-order chi connectivity index (χ1) is 10.0. The summed E-state index contributed by atoms with van der Waals surface area (Å²) in [6, 6.07) is 5.65. The zero-order valence-corrected chi connectivity index (χ0v) is 14.2. The molecule has 2 N–H and O–H groups in total. The summed E-state index contributed by atoms with van der Waals surface area (Å²) in [4.78, 5) is 12.0. The molecule has 0 aliphatic carbocycles. The largest absolute Gasteiger partial charge is 0.491 e. The molecule has 0 radical (unpaired) electrons. The SMILES string of the molecule is CC(C)Oc1cc(Br)cc(NC(=O)CCC2CCNC2)c1. The molecule has 1 unspecified atom stereocenters. The van der Waals surface area contributed by atoms with Crippen molar-refractivity contribution in [2.75, 3.05) is 18.4 Å². The van der Waals surface area contributed by atoms with Gasteiger partial charge in [-0.05, 0) is 57.8 Å². The summed E-state index contributed by atoms with van der Waals surface area (Å²) in [6.45, 7) is 6.08. The van der Waals surface area contributed by atoms with Crippen molar-refractivity contribution in [3.63, 3.8) is 0 Å². The van der Waals surface area contributed by atoms with Gasteiger partial charge in [0.2, 0.25) is 5.91 Å². The minimum Gasteiger partial charge on any atom is -0.491 e. The Morgan fingerprint density at radius 2 is 2.29 bits per heavy atom. The first-order valence-electron chi connectivity index (χ1n) is 7.51. The molecule has 5 heteroatoms. The number of hydrogen-bond donors (Lipinski definition) is 2. The molecular weight excluding hydrogens is 332 g/mol. The van der Waals surface area contributed by atoms with Crippen LogP contribution in [0.2, 0.25) is 0 Å². The van der Waals surface area contributed by atoms with Gasteiger partial charge in [0.05, 0.1) is 6.10 Å². The fourth-order valence-electron chi connectivity index (χ4n) is 2.49. The molecule has 1 aliphatic heterocycles. The number of hydrogen-bond acceptors (Lipinski definition) is 3. The van der Waals surface area contributed by atoms with Crippen LogP contribution < -0.4 is 15.4 Å². The van der Waals surface area contributed by atoms with Crippen molar-refractivity contribution >= 4 is 27.5 Å². The van der Waals surface area contributed by atoms with E-state index in [0.717, 1.165) is 35.4 Å². The topological polar surface area (TPSA) is 50.4 Å². The lowest BCUT2D eigenvalue weighted by atomic mass is 10.0. The Balaban J connectivity index is 1.88. The second-order valence-electron chi connectivity index (χ2n) is 5.79. The van der Waals surface area contributed by atoms with Crippen LogP contribution in [0.1, 0.15) is 33.1 Å². The van der Waals surface area contributed by atoms with E-state index in [4.69, 9.17) is 4.74 Å². The van der Waals surface area contributed by atoms with Gasteiger partial charge in [0, 0.05) is 22.6 Å². The third-order valence-corrected chi connectivity index (χ3v) is 3.93. The minimum atomic E-state index is 0.0653. The second kappa shape index (κ2) is 7.80. The molecule has 2 rings (SSSR count). The molecule has 4 nitrogen and oxygen atoms in total. The zero-order valence-electron chi connectivity index (χ0n) is 12.6. The van der Waals surface area contributed by atoms with E-state index >= 15 is 0 Å². The summed E-state index contributed by atoms with van der Waals surface area (Å²) < 4.78 is 6.57. The lowest BCUT2D eigenvalue weighted by Crippen LogP contribution is -2.15. The van der Waals surface area contributed by atoms with E-state index < -0.39 is 0 Å². The monoisotopic (exact) mass is 354 g/mol. The fraction of sp³-hybridized carbons (Fsp3) is 0.562. The van der Waals surface area contributed by atoms with Crippen LogP contribution in [0.5, 0.6) is 5.75 Å². The van der Waals surface area contributed by atoms with Gasteiger partial charge >= 0.3 is 0 Å². The number of ether oxygens (including phenoxy) is 1. The highest BCUT2D eigenvalue weighted by atomic mass is 79.9. The lowest BCUT2D eigenvalue weighted by Gasteiger charge is -2.13. The summed E-state index contributed by atoms with van der Waals surface area (Å²) >= 11 is 3.45. The van der Waals surface area contributed by atoms with Gasteiger partial charge in [0.15, 0.2) is 0 Å². The Labute approximate surface area is 134 Å². The van der Waals surface area contributed by atoms with Crippen molar-refractivity contribution in [2.45, 2.75) is 39.2 Å². The first kappa shape index (κ1) is 16.3. The number of carbonyl (C=O) groups is 1. The van der Waals surface area contributed by atoms with Crippen LogP contribution in [0.3, 0.4) is 0 Å². The van der Waals surface area contributed by atoms with Gasteiger partial charge in [-0.1, -0.05) is 15.9 Å². The standard InChI is InChI=1S/C16H23BrN2O2/c1-11(2)21-15-8-13(17)7-14(9-15)19-16(20)4-3-12-5-6-18-10-12/h7-9,11-12,18H,3-6,10H2,1-2H3,(H,19,20). The van der Waals surface area contributed by atoms with Crippen LogP contribution in [-0.2, 0) is 4.79 Å². The third kappa shape index (κ3) is 5.67. The maximum absolute atomic E-state index is 12.0. The molecule has 0 saturated carbocycles. The number of rotatable bonds is 6. The number of benzene rings is 1. The molecule has 1 aliphatic rings. The molecular formula is C16H23BrN2O2. The van der Waals surface area contributed by atoms with Crippen LogP contribution in [-0.4, -0.2) is 25.1 Å². The Kier molecular flexibility index (Phi) is 6.06. The molecule has 1 amide bonds. The van der Waals surface area contributed by atoms with Crippen molar-refractivity contribution < 1.29 is 9.53 Å². The summed E-state index contributed by atoms with van der Waals surface area (Å²) in [6.07, 6.45) is 2.80. The number of halogens is 1. The maximum Gasteiger partial charge on any atom is 0.224 e. The van der Waals surface area contributed by atoms with Crippen LogP contribution in [0.15, 0.2) is 22.7 Å². The second-order valence-corrected chi connectivity index (χ2v) is 6.70. The average Bonchev–Trinajstić information content (AvgIpc) is 2.87. The first-order valence-corrected chi connectivity index (χ1v) is 8.30. The Bertz CT molecular complexity index is 485. The smallest absolute Gasteiger partial charge is 0.224 e. The van der Waals surface area contributed by atoms with E-state index in [1.165, 1.54) is 6.42 Å². The molecule has 0 bridgehead atoms. The van der Waals surface area contributed by atoms with Gasteiger partial charge in [0.1, 0.15) is 5.75 Å². The minimum absolute atomic E-state index is 0.0653. The molecule has 0 spiro atoms. The predicted octanol–water partition coefficient (Wildman–Crippen LogP) is 3.56. The Hall–Kier alpha value is -1.07. The molecule has 1 fully saturated rings. The summed E-state index contributed by atoms with van der Waals surface area (Å²) in [7, 11) is 0. The van der Waals surface area contributed by atoms with Crippen molar-refractivity contribution in [2.24, 2.45) is 5.92 Å². The van der Waals surface area contributed by atoms with E-state index in [1.807, 2.05) is 32.0 Å². The Morgan fingerprint density at radius 3 is 2.95 bits per heavy atom. The van der Waals surface area contributed by atoms with Crippen LogP contribution >= 0.6 is 15.9 Å². The van der Waals surface area contributed by atoms with Crippen molar-refractivity contribution in [1.82, 2.24) is 5.32 Å². The highest BCUT2D eigenvalue weighted by molar-refractivity contribution is 9.10. The van der Waals surface area contributed by atoms with Crippen molar-refractivity contribution in [1.29, 1.82) is 0 Å². The number of anilines is 1. The molecule has 1 aromatic rings. The highest BCUT2D eigenvalue weighted by Crippen LogP contribution is 2.26. The maximum atomic E-state index is 12.0.